The third-order valence-corrected chi connectivity index (χ3v) is 3.09. The Morgan fingerprint density at radius 1 is 1.46 bits per heavy atom. The van der Waals surface area contributed by atoms with Gasteiger partial charge in [0.15, 0.2) is 0 Å². The summed E-state index contributed by atoms with van der Waals surface area (Å²) in [6.45, 7) is 7.15. The van der Waals surface area contributed by atoms with E-state index < -0.39 is 0 Å². The van der Waals surface area contributed by atoms with Gasteiger partial charge in [0.1, 0.15) is 0 Å². The highest BCUT2D eigenvalue weighted by Gasteiger charge is 2.30. The summed E-state index contributed by atoms with van der Waals surface area (Å²) in [5.41, 5.74) is 6.15. The predicted octanol–water partition coefficient (Wildman–Crippen LogP) is 2.18. The van der Waals surface area contributed by atoms with E-state index in [1.807, 2.05) is 0 Å². The molecule has 1 saturated heterocycles. The van der Waals surface area contributed by atoms with Gasteiger partial charge in [0, 0.05) is 18.6 Å². The zero-order valence-corrected chi connectivity index (χ0v) is 9.01. The number of hydrogen-bond acceptors (Lipinski definition) is 2. The predicted molar refractivity (Wildman–Crippen MR) is 55.6 cm³/mol. The molecule has 1 atom stereocenters. The van der Waals surface area contributed by atoms with E-state index in [1.165, 1.54) is 25.7 Å². The van der Waals surface area contributed by atoms with Crippen molar-refractivity contribution in [3.8, 4) is 0 Å². The molecule has 0 aromatic carbocycles. The van der Waals surface area contributed by atoms with E-state index in [0.29, 0.717) is 5.41 Å². The monoisotopic (exact) mass is 185 g/mol. The zero-order valence-electron chi connectivity index (χ0n) is 9.01. The molecule has 0 bridgehead atoms. The first kappa shape index (κ1) is 11.0. The second kappa shape index (κ2) is 4.97. The minimum absolute atomic E-state index is 0.308. The Labute approximate surface area is 81.8 Å². The molecular weight excluding hydrogens is 162 g/mol. The van der Waals surface area contributed by atoms with Crippen LogP contribution in [0.15, 0.2) is 0 Å². The summed E-state index contributed by atoms with van der Waals surface area (Å²) in [4.78, 5) is 0. The molecule has 0 aromatic rings. The van der Waals surface area contributed by atoms with Crippen molar-refractivity contribution in [2.24, 2.45) is 17.1 Å². The number of rotatable bonds is 4. The smallest absolute Gasteiger partial charge is 0.0534 e. The molecule has 0 radical (unpaired) electrons. The highest BCUT2D eigenvalue weighted by Crippen LogP contribution is 2.33. The van der Waals surface area contributed by atoms with Gasteiger partial charge in [0.25, 0.3) is 0 Å². The van der Waals surface area contributed by atoms with Gasteiger partial charge >= 0.3 is 0 Å². The van der Waals surface area contributed by atoms with Crippen LogP contribution in [0.5, 0.6) is 0 Å². The Bertz CT molecular complexity index is 139. The lowest BCUT2D eigenvalue weighted by Crippen LogP contribution is -2.38. The fourth-order valence-corrected chi connectivity index (χ4v) is 1.97. The quantitative estimate of drug-likeness (QED) is 0.728. The number of nitrogens with two attached hydrogens (primary N) is 1. The van der Waals surface area contributed by atoms with Crippen LogP contribution in [-0.4, -0.2) is 19.8 Å². The third-order valence-electron chi connectivity index (χ3n) is 3.09. The SMILES string of the molecule is CC(C)CCC1(CN)CCCOC1. The first-order valence-electron chi connectivity index (χ1n) is 5.46. The molecular formula is C11H23NO. The average Bonchev–Trinajstić information content (AvgIpc) is 2.16. The molecule has 1 fully saturated rings. The molecule has 0 amide bonds. The van der Waals surface area contributed by atoms with Gasteiger partial charge in [-0.15, -0.1) is 0 Å². The van der Waals surface area contributed by atoms with Crippen molar-refractivity contribution in [3.05, 3.63) is 0 Å². The molecule has 0 spiro atoms. The van der Waals surface area contributed by atoms with E-state index in [2.05, 4.69) is 13.8 Å². The Balaban J connectivity index is 2.38. The summed E-state index contributed by atoms with van der Waals surface area (Å²) in [6, 6.07) is 0. The van der Waals surface area contributed by atoms with E-state index >= 15 is 0 Å². The first-order valence-corrected chi connectivity index (χ1v) is 5.46. The van der Waals surface area contributed by atoms with Gasteiger partial charge in [0.05, 0.1) is 6.61 Å². The summed E-state index contributed by atoms with van der Waals surface area (Å²) in [5.74, 6) is 0.783. The molecule has 78 valence electrons. The fraction of sp³-hybridized carbons (Fsp3) is 1.00. The number of hydrogen-bond donors (Lipinski definition) is 1. The van der Waals surface area contributed by atoms with Crippen molar-refractivity contribution in [2.75, 3.05) is 19.8 Å². The molecule has 0 saturated carbocycles. The van der Waals surface area contributed by atoms with Gasteiger partial charge in [0.2, 0.25) is 0 Å². The minimum Gasteiger partial charge on any atom is -0.381 e. The maximum absolute atomic E-state index is 5.84. The van der Waals surface area contributed by atoms with Crippen LogP contribution in [0.2, 0.25) is 0 Å². The summed E-state index contributed by atoms with van der Waals surface area (Å²) in [7, 11) is 0. The Kier molecular flexibility index (Phi) is 4.20. The van der Waals surface area contributed by atoms with Gasteiger partial charge in [-0.3, -0.25) is 0 Å². The molecule has 13 heavy (non-hydrogen) atoms. The van der Waals surface area contributed by atoms with E-state index in [-0.39, 0.29) is 0 Å². The lowest BCUT2D eigenvalue weighted by molar-refractivity contribution is -0.00997. The van der Waals surface area contributed by atoms with E-state index in [9.17, 15) is 0 Å². The lowest BCUT2D eigenvalue weighted by atomic mass is 9.77. The zero-order chi connectivity index (χ0) is 9.73. The second-order valence-corrected chi connectivity index (χ2v) is 4.79. The van der Waals surface area contributed by atoms with E-state index in [0.717, 1.165) is 25.7 Å². The van der Waals surface area contributed by atoms with E-state index in [1.54, 1.807) is 0 Å². The lowest BCUT2D eigenvalue weighted by Gasteiger charge is -2.36. The molecule has 1 aliphatic heterocycles. The van der Waals surface area contributed by atoms with Gasteiger partial charge < -0.3 is 10.5 Å². The third kappa shape index (κ3) is 3.28. The fourth-order valence-electron chi connectivity index (χ4n) is 1.97. The Hall–Kier alpha value is -0.0800. The molecule has 2 heteroatoms. The van der Waals surface area contributed by atoms with Crippen LogP contribution in [0.25, 0.3) is 0 Å². The van der Waals surface area contributed by atoms with Gasteiger partial charge in [-0.2, -0.15) is 0 Å². The molecule has 1 rings (SSSR count). The van der Waals surface area contributed by atoms with Crippen LogP contribution >= 0.6 is 0 Å². The van der Waals surface area contributed by atoms with Crippen molar-refractivity contribution in [1.82, 2.24) is 0 Å². The molecule has 2 nitrogen and oxygen atoms in total. The van der Waals surface area contributed by atoms with Crippen molar-refractivity contribution >= 4 is 0 Å². The topological polar surface area (TPSA) is 35.2 Å². The van der Waals surface area contributed by atoms with Crippen LogP contribution in [0.4, 0.5) is 0 Å². The molecule has 0 aliphatic carbocycles. The Morgan fingerprint density at radius 3 is 2.69 bits per heavy atom. The minimum atomic E-state index is 0.308. The van der Waals surface area contributed by atoms with Gasteiger partial charge in [-0.1, -0.05) is 20.3 Å². The average molecular weight is 185 g/mol. The summed E-state index contributed by atoms with van der Waals surface area (Å²) in [5, 5.41) is 0. The van der Waals surface area contributed by atoms with Crippen LogP contribution < -0.4 is 5.73 Å². The van der Waals surface area contributed by atoms with E-state index in [4.69, 9.17) is 10.5 Å². The molecule has 1 unspecified atom stereocenters. The second-order valence-electron chi connectivity index (χ2n) is 4.79. The maximum Gasteiger partial charge on any atom is 0.0534 e. The van der Waals surface area contributed by atoms with Gasteiger partial charge in [-0.25, -0.2) is 0 Å². The highest BCUT2D eigenvalue weighted by molar-refractivity contribution is 4.82. The van der Waals surface area contributed by atoms with Crippen LogP contribution in [0.3, 0.4) is 0 Å². The first-order chi connectivity index (χ1) is 6.18. The van der Waals surface area contributed by atoms with Crippen LogP contribution in [0, 0.1) is 11.3 Å². The number of ether oxygens (including phenoxy) is 1. The largest absolute Gasteiger partial charge is 0.381 e. The van der Waals surface area contributed by atoms with Crippen molar-refractivity contribution in [3.63, 3.8) is 0 Å². The standard InChI is InChI=1S/C11H23NO/c1-10(2)4-6-11(8-12)5-3-7-13-9-11/h10H,3-9,12H2,1-2H3. The normalized spacial score (nSPS) is 29.5. The highest BCUT2D eigenvalue weighted by atomic mass is 16.5. The van der Waals surface area contributed by atoms with Crippen molar-refractivity contribution in [1.29, 1.82) is 0 Å². The van der Waals surface area contributed by atoms with Crippen molar-refractivity contribution < 1.29 is 4.74 Å². The Morgan fingerprint density at radius 2 is 2.23 bits per heavy atom. The molecule has 1 heterocycles. The van der Waals surface area contributed by atoms with Crippen molar-refractivity contribution in [2.45, 2.75) is 39.5 Å². The molecule has 0 aromatic heterocycles. The molecule has 1 aliphatic rings. The summed E-state index contributed by atoms with van der Waals surface area (Å²) >= 11 is 0. The maximum atomic E-state index is 5.84. The van der Waals surface area contributed by atoms with Crippen LogP contribution in [-0.2, 0) is 4.74 Å². The summed E-state index contributed by atoms with van der Waals surface area (Å²) in [6.07, 6.45) is 4.97. The summed E-state index contributed by atoms with van der Waals surface area (Å²) < 4.78 is 5.53. The van der Waals surface area contributed by atoms with Gasteiger partial charge in [-0.05, 0) is 25.2 Å². The van der Waals surface area contributed by atoms with Crippen LogP contribution in [0.1, 0.15) is 39.5 Å². The molecule has 2 N–H and O–H groups in total.